The van der Waals surface area contributed by atoms with Gasteiger partial charge in [-0.15, -0.1) is 0 Å². The van der Waals surface area contributed by atoms with Crippen LogP contribution in [0.15, 0.2) is 108 Å². The van der Waals surface area contributed by atoms with Gasteiger partial charge in [0, 0.05) is 22.4 Å². The Kier molecular flexibility index (Phi) is 5.61. The fourth-order valence-electron chi connectivity index (χ4n) is 3.88. The lowest BCUT2D eigenvalue weighted by atomic mass is 9.98. The second-order valence-electron chi connectivity index (χ2n) is 7.61. The van der Waals surface area contributed by atoms with E-state index in [2.05, 4.69) is 34.9 Å². The van der Waals surface area contributed by atoms with Gasteiger partial charge in [0.05, 0.1) is 12.8 Å². The Bertz CT molecular complexity index is 1350. The topological polar surface area (TPSA) is 24.8 Å². The predicted octanol–water partition coefficient (Wildman–Crippen LogP) is 6.53. The standard InChI is InChI=1S/C29H21FN2O/c1-33-25-18-14-22(15-19-25)29-31-27-10-6-5-9-26(27)28(32(29)24-7-3-2-4-8-24)20-13-21-11-16-23(30)17-12-21/h2-12,14-19,28H,1H3. The highest BCUT2D eigenvalue weighted by Crippen LogP contribution is 2.39. The first-order valence-corrected chi connectivity index (χ1v) is 10.7. The summed E-state index contributed by atoms with van der Waals surface area (Å²) in [6, 6.07) is 32.0. The van der Waals surface area contributed by atoms with Crippen LogP contribution in [0.2, 0.25) is 0 Å². The van der Waals surface area contributed by atoms with Crippen molar-refractivity contribution in [3.05, 3.63) is 126 Å². The first kappa shape index (κ1) is 20.5. The van der Waals surface area contributed by atoms with Crippen molar-refractivity contribution >= 4 is 17.2 Å². The number of rotatable bonds is 3. The summed E-state index contributed by atoms with van der Waals surface area (Å²) in [5.74, 6) is 7.99. The number of methoxy groups -OCH3 is 1. The normalized spacial score (nSPS) is 14.5. The van der Waals surface area contributed by atoms with Crippen molar-refractivity contribution in [2.24, 2.45) is 4.99 Å². The minimum Gasteiger partial charge on any atom is -0.497 e. The molecule has 4 heteroatoms. The molecular formula is C29H21FN2O. The third-order valence-electron chi connectivity index (χ3n) is 5.52. The van der Waals surface area contributed by atoms with Gasteiger partial charge in [-0.05, 0) is 66.7 Å². The van der Waals surface area contributed by atoms with Gasteiger partial charge in [-0.25, -0.2) is 9.38 Å². The molecule has 160 valence electrons. The smallest absolute Gasteiger partial charge is 0.142 e. The van der Waals surface area contributed by atoms with Crippen molar-refractivity contribution in [1.29, 1.82) is 0 Å². The van der Waals surface area contributed by atoms with Gasteiger partial charge in [0.2, 0.25) is 0 Å². The summed E-state index contributed by atoms with van der Waals surface area (Å²) in [7, 11) is 1.65. The van der Waals surface area contributed by atoms with Crippen LogP contribution < -0.4 is 9.64 Å². The van der Waals surface area contributed by atoms with Gasteiger partial charge in [0.25, 0.3) is 0 Å². The molecule has 0 N–H and O–H groups in total. The van der Waals surface area contributed by atoms with Gasteiger partial charge in [0.1, 0.15) is 23.4 Å². The number of anilines is 1. The molecule has 0 aliphatic carbocycles. The molecule has 5 rings (SSSR count). The van der Waals surface area contributed by atoms with Crippen LogP contribution in [0.25, 0.3) is 0 Å². The zero-order chi connectivity index (χ0) is 22.6. The number of aliphatic imine (C=N–C) groups is 1. The van der Waals surface area contributed by atoms with Crippen molar-refractivity contribution < 1.29 is 9.13 Å². The van der Waals surface area contributed by atoms with Crippen LogP contribution in [0, 0.1) is 17.7 Å². The summed E-state index contributed by atoms with van der Waals surface area (Å²) < 4.78 is 18.7. The minimum absolute atomic E-state index is 0.275. The third-order valence-corrected chi connectivity index (χ3v) is 5.52. The van der Waals surface area contributed by atoms with Crippen LogP contribution in [0.3, 0.4) is 0 Å². The molecule has 0 fully saturated rings. The monoisotopic (exact) mass is 432 g/mol. The summed E-state index contributed by atoms with van der Waals surface area (Å²) in [5, 5.41) is 0. The van der Waals surface area contributed by atoms with E-state index in [1.807, 2.05) is 60.7 Å². The Morgan fingerprint density at radius 1 is 0.818 bits per heavy atom. The molecule has 4 aromatic carbocycles. The zero-order valence-electron chi connectivity index (χ0n) is 18.1. The first-order valence-electron chi connectivity index (χ1n) is 10.7. The lowest BCUT2D eigenvalue weighted by Gasteiger charge is -2.36. The van der Waals surface area contributed by atoms with Crippen molar-refractivity contribution in [2.75, 3.05) is 12.0 Å². The van der Waals surface area contributed by atoms with E-state index in [9.17, 15) is 4.39 Å². The highest BCUT2D eigenvalue weighted by Gasteiger charge is 2.30. The quantitative estimate of drug-likeness (QED) is 0.344. The van der Waals surface area contributed by atoms with Crippen molar-refractivity contribution in [3.63, 3.8) is 0 Å². The molecule has 0 radical (unpaired) electrons. The molecule has 3 nitrogen and oxygen atoms in total. The molecule has 1 aliphatic heterocycles. The highest BCUT2D eigenvalue weighted by molar-refractivity contribution is 6.13. The van der Waals surface area contributed by atoms with E-state index in [4.69, 9.17) is 9.73 Å². The fraction of sp³-hybridized carbons (Fsp3) is 0.0690. The molecule has 1 atom stereocenters. The summed E-state index contributed by atoms with van der Waals surface area (Å²) in [4.78, 5) is 7.18. The minimum atomic E-state index is -0.275. The molecule has 0 amide bonds. The molecule has 1 aliphatic rings. The van der Waals surface area contributed by atoms with Crippen LogP contribution in [-0.4, -0.2) is 12.9 Å². The molecule has 1 heterocycles. The lowest BCUT2D eigenvalue weighted by molar-refractivity contribution is 0.415. The summed E-state index contributed by atoms with van der Waals surface area (Å²) in [6.07, 6.45) is 0. The number of fused-ring (bicyclic) bond motifs is 1. The van der Waals surface area contributed by atoms with Crippen LogP contribution >= 0.6 is 0 Å². The molecule has 0 aromatic heterocycles. The molecule has 4 aromatic rings. The Morgan fingerprint density at radius 3 is 2.24 bits per heavy atom. The first-order chi connectivity index (χ1) is 16.2. The van der Waals surface area contributed by atoms with E-state index >= 15 is 0 Å². The maximum absolute atomic E-state index is 13.4. The zero-order valence-corrected chi connectivity index (χ0v) is 18.1. The number of halogens is 1. The van der Waals surface area contributed by atoms with Crippen LogP contribution in [-0.2, 0) is 0 Å². The van der Waals surface area contributed by atoms with E-state index < -0.39 is 0 Å². The molecular weight excluding hydrogens is 411 g/mol. The molecule has 33 heavy (non-hydrogen) atoms. The number of ether oxygens (including phenoxy) is 1. The second kappa shape index (κ2) is 9.02. The average Bonchev–Trinajstić information content (AvgIpc) is 2.88. The third kappa shape index (κ3) is 4.22. The number of benzene rings is 4. The molecule has 0 saturated heterocycles. The van der Waals surface area contributed by atoms with Gasteiger partial charge in [-0.2, -0.15) is 0 Å². The summed E-state index contributed by atoms with van der Waals surface area (Å²) >= 11 is 0. The Morgan fingerprint density at radius 2 is 1.52 bits per heavy atom. The predicted molar refractivity (Wildman–Crippen MR) is 131 cm³/mol. The molecule has 0 spiro atoms. The fourth-order valence-corrected chi connectivity index (χ4v) is 3.88. The number of nitrogens with zero attached hydrogens (tertiary/aromatic N) is 2. The maximum atomic E-state index is 13.4. The number of hydrogen-bond donors (Lipinski definition) is 0. The van der Waals surface area contributed by atoms with Gasteiger partial charge in [-0.1, -0.05) is 48.2 Å². The van der Waals surface area contributed by atoms with Crippen LogP contribution in [0.5, 0.6) is 5.75 Å². The van der Waals surface area contributed by atoms with Gasteiger partial charge < -0.3 is 9.64 Å². The molecule has 1 unspecified atom stereocenters. The highest BCUT2D eigenvalue weighted by atomic mass is 19.1. The Labute approximate surface area is 192 Å². The van der Waals surface area contributed by atoms with Gasteiger partial charge in [-0.3, -0.25) is 0 Å². The van der Waals surface area contributed by atoms with Crippen LogP contribution in [0.1, 0.15) is 22.7 Å². The van der Waals surface area contributed by atoms with Gasteiger partial charge in [0.15, 0.2) is 0 Å². The van der Waals surface area contributed by atoms with E-state index in [-0.39, 0.29) is 11.9 Å². The van der Waals surface area contributed by atoms with Gasteiger partial charge >= 0.3 is 0 Å². The largest absolute Gasteiger partial charge is 0.497 e. The average molecular weight is 432 g/mol. The summed E-state index contributed by atoms with van der Waals surface area (Å²) in [5.41, 5.74) is 4.61. The second-order valence-corrected chi connectivity index (χ2v) is 7.61. The number of amidine groups is 1. The summed E-state index contributed by atoms with van der Waals surface area (Å²) in [6.45, 7) is 0. The maximum Gasteiger partial charge on any atom is 0.142 e. The SMILES string of the molecule is COc1ccc(C2=Nc3ccccc3C(C#Cc3ccc(F)cc3)N2c2ccccc2)cc1. The van der Waals surface area contributed by atoms with E-state index in [1.54, 1.807) is 19.2 Å². The molecule has 0 saturated carbocycles. The lowest BCUT2D eigenvalue weighted by Crippen LogP contribution is -2.37. The Hall–Kier alpha value is -4.36. The number of para-hydroxylation sites is 2. The Balaban J connectivity index is 1.68. The van der Waals surface area contributed by atoms with Crippen molar-refractivity contribution in [2.45, 2.75) is 6.04 Å². The van der Waals surface area contributed by atoms with Crippen molar-refractivity contribution in [3.8, 4) is 17.6 Å². The van der Waals surface area contributed by atoms with E-state index in [0.717, 1.165) is 39.7 Å². The molecule has 0 bridgehead atoms. The van der Waals surface area contributed by atoms with Crippen molar-refractivity contribution in [1.82, 2.24) is 0 Å². The van der Waals surface area contributed by atoms with E-state index in [0.29, 0.717) is 0 Å². The van der Waals surface area contributed by atoms with E-state index in [1.165, 1.54) is 12.1 Å². The van der Waals surface area contributed by atoms with Crippen LogP contribution in [0.4, 0.5) is 15.8 Å². The number of hydrogen-bond acceptors (Lipinski definition) is 3.